The second kappa shape index (κ2) is 6.90. The zero-order valence-corrected chi connectivity index (χ0v) is 13.6. The van der Waals surface area contributed by atoms with Gasteiger partial charge in [0, 0.05) is 21.3 Å². The smallest absolute Gasteiger partial charge is 0.258 e. The monoisotopic (exact) mass is 345 g/mol. The van der Waals surface area contributed by atoms with Gasteiger partial charge < -0.3 is 9.32 Å². The van der Waals surface area contributed by atoms with Gasteiger partial charge in [0.2, 0.25) is 0 Å². The second-order valence-corrected chi connectivity index (χ2v) is 5.83. The molecule has 5 heteroatoms. The quantitative estimate of drug-likeness (QED) is 0.631. The molecule has 2 aromatic carbocycles. The van der Waals surface area contributed by atoms with Crippen LogP contribution >= 0.6 is 23.2 Å². The van der Waals surface area contributed by atoms with Gasteiger partial charge in [0.1, 0.15) is 5.76 Å². The van der Waals surface area contributed by atoms with E-state index in [2.05, 4.69) is 0 Å². The third-order valence-corrected chi connectivity index (χ3v) is 3.84. The van der Waals surface area contributed by atoms with E-state index in [1.807, 2.05) is 6.07 Å². The molecule has 1 amide bonds. The fourth-order valence-electron chi connectivity index (χ4n) is 2.24. The Kier molecular flexibility index (Phi) is 4.70. The minimum atomic E-state index is -0.161. The van der Waals surface area contributed by atoms with Gasteiger partial charge in [-0.2, -0.15) is 0 Å². The van der Waals surface area contributed by atoms with E-state index in [1.54, 1.807) is 65.8 Å². The van der Waals surface area contributed by atoms with Crippen LogP contribution in [-0.4, -0.2) is 5.91 Å². The molecule has 0 saturated carbocycles. The molecule has 0 spiro atoms. The molecule has 0 aliphatic heterocycles. The highest BCUT2D eigenvalue weighted by atomic mass is 35.5. The van der Waals surface area contributed by atoms with E-state index in [0.29, 0.717) is 27.9 Å². The number of carbonyl (C=O) groups excluding carboxylic acids is 1. The van der Waals surface area contributed by atoms with Gasteiger partial charge in [0.15, 0.2) is 0 Å². The molecular formula is C18H13Cl2NO2. The average Bonchev–Trinajstić information content (AvgIpc) is 3.06. The zero-order valence-electron chi connectivity index (χ0n) is 12.1. The van der Waals surface area contributed by atoms with Crippen LogP contribution in [0.15, 0.2) is 71.3 Å². The van der Waals surface area contributed by atoms with E-state index in [4.69, 9.17) is 27.6 Å². The van der Waals surface area contributed by atoms with Crippen molar-refractivity contribution < 1.29 is 9.21 Å². The SMILES string of the molecule is O=C(c1cccc(Cl)c1)N(Cc1ccco1)c1ccc(Cl)cc1. The van der Waals surface area contributed by atoms with Gasteiger partial charge in [0.05, 0.1) is 12.8 Å². The van der Waals surface area contributed by atoms with Crippen molar-refractivity contribution in [3.63, 3.8) is 0 Å². The predicted octanol–water partition coefficient (Wildman–Crippen LogP) is 5.43. The Morgan fingerprint density at radius 1 is 0.957 bits per heavy atom. The first-order valence-electron chi connectivity index (χ1n) is 6.99. The molecule has 116 valence electrons. The summed E-state index contributed by atoms with van der Waals surface area (Å²) < 4.78 is 5.37. The number of anilines is 1. The normalized spacial score (nSPS) is 10.5. The number of hydrogen-bond acceptors (Lipinski definition) is 2. The van der Waals surface area contributed by atoms with E-state index in [9.17, 15) is 4.79 Å². The molecule has 0 aliphatic rings. The second-order valence-electron chi connectivity index (χ2n) is 4.96. The highest BCUT2D eigenvalue weighted by molar-refractivity contribution is 6.31. The number of nitrogens with zero attached hydrogens (tertiary/aromatic N) is 1. The zero-order chi connectivity index (χ0) is 16.2. The van der Waals surface area contributed by atoms with Gasteiger partial charge in [-0.25, -0.2) is 0 Å². The van der Waals surface area contributed by atoms with Crippen molar-refractivity contribution in [3.8, 4) is 0 Å². The molecule has 0 aliphatic carbocycles. The summed E-state index contributed by atoms with van der Waals surface area (Å²) in [6, 6.07) is 17.6. The Morgan fingerprint density at radius 2 is 1.74 bits per heavy atom. The van der Waals surface area contributed by atoms with E-state index in [-0.39, 0.29) is 5.91 Å². The first-order chi connectivity index (χ1) is 11.1. The van der Waals surface area contributed by atoms with Crippen molar-refractivity contribution in [1.82, 2.24) is 0 Å². The van der Waals surface area contributed by atoms with E-state index in [0.717, 1.165) is 5.69 Å². The maximum atomic E-state index is 12.9. The van der Waals surface area contributed by atoms with Crippen molar-refractivity contribution in [2.24, 2.45) is 0 Å². The van der Waals surface area contributed by atoms with Crippen LogP contribution in [0.4, 0.5) is 5.69 Å². The fourth-order valence-corrected chi connectivity index (χ4v) is 2.55. The average molecular weight is 346 g/mol. The summed E-state index contributed by atoms with van der Waals surface area (Å²) in [5.41, 5.74) is 1.25. The predicted molar refractivity (Wildman–Crippen MR) is 92.1 cm³/mol. The van der Waals surface area contributed by atoms with Gasteiger partial charge in [-0.3, -0.25) is 4.79 Å². The van der Waals surface area contributed by atoms with E-state index < -0.39 is 0 Å². The Labute approximate surface area is 144 Å². The molecule has 3 nitrogen and oxygen atoms in total. The van der Waals surface area contributed by atoms with Crippen molar-refractivity contribution in [3.05, 3.63) is 88.3 Å². The van der Waals surface area contributed by atoms with Gasteiger partial charge in [0.25, 0.3) is 5.91 Å². The maximum absolute atomic E-state index is 12.9. The number of amides is 1. The van der Waals surface area contributed by atoms with Crippen LogP contribution in [0.3, 0.4) is 0 Å². The van der Waals surface area contributed by atoms with Crippen molar-refractivity contribution in [2.45, 2.75) is 6.54 Å². The van der Waals surface area contributed by atoms with Crippen LogP contribution in [0.25, 0.3) is 0 Å². The van der Waals surface area contributed by atoms with E-state index in [1.165, 1.54) is 0 Å². The minimum absolute atomic E-state index is 0.161. The third kappa shape index (κ3) is 3.76. The van der Waals surface area contributed by atoms with Crippen LogP contribution in [-0.2, 0) is 6.54 Å². The summed E-state index contributed by atoms with van der Waals surface area (Å²) in [7, 11) is 0. The minimum Gasteiger partial charge on any atom is -0.467 e. The Bertz CT molecular complexity index is 798. The topological polar surface area (TPSA) is 33.5 Å². The number of rotatable bonds is 4. The molecule has 3 aromatic rings. The molecule has 0 bridgehead atoms. The number of benzene rings is 2. The molecule has 0 unspecified atom stereocenters. The molecule has 0 saturated heterocycles. The summed E-state index contributed by atoms with van der Waals surface area (Å²) in [5, 5.41) is 1.13. The molecule has 3 rings (SSSR count). The first kappa shape index (κ1) is 15.7. The van der Waals surface area contributed by atoms with Gasteiger partial charge >= 0.3 is 0 Å². The van der Waals surface area contributed by atoms with Crippen molar-refractivity contribution in [1.29, 1.82) is 0 Å². The highest BCUT2D eigenvalue weighted by Crippen LogP contribution is 2.23. The van der Waals surface area contributed by atoms with Gasteiger partial charge in [-0.1, -0.05) is 29.3 Å². The maximum Gasteiger partial charge on any atom is 0.258 e. The number of carbonyl (C=O) groups is 1. The summed E-state index contributed by atoms with van der Waals surface area (Å²) in [6.07, 6.45) is 1.58. The number of hydrogen-bond donors (Lipinski definition) is 0. The van der Waals surface area contributed by atoms with E-state index >= 15 is 0 Å². The molecular weight excluding hydrogens is 333 g/mol. The van der Waals surface area contributed by atoms with Crippen LogP contribution in [0.1, 0.15) is 16.1 Å². The molecule has 0 fully saturated rings. The lowest BCUT2D eigenvalue weighted by Gasteiger charge is -2.22. The van der Waals surface area contributed by atoms with Gasteiger partial charge in [-0.15, -0.1) is 0 Å². The molecule has 1 aromatic heterocycles. The van der Waals surface area contributed by atoms with Crippen molar-refractivity contribution in [2.75, 3.05) is 4.90 Å². The number of furan rings is 1. The summed E-state index contributed by atoms with van der Waals surface area (Å²) >= 11 is 11.9. The Balaban J connectivity index is 1.97. The Morgan fingerprint density at radius 3 is 2.39 bits per heavy atom. The van der Waals surface area contributed by atoms with Crippen LogP contribution in [0.5, 0.6) is 0 Å². The lowest BCUT2D eigenvalue weighted by Crippen LogP contribution is -2.30. The number of halogens is 2. The third-order valence-electron chi connectivity index (χ3n) is 3.35. The summed E-state index contributed by atoms with van der Waals surface area (Å²) in [4.78, 5) is 14.5. The lowest BCUT2D eigenvalue weighted by atomic mass is 10.1. The highest BCUT2D eigenvalue weighted by Gasteiger charge is 2.19. The first-order valence-corrected chi connectivity index (χ1v) is 7.74. The molecule has 0 radical (unpaired) electrons. The Hall–Kier alpha value is -2.23. The van der Waals surface area contributed by atoms with Crippen LogP contribution in [0.2, 0.25) is 10.0 Å². The summed E-state index contributed by atoms with van der Waals surface area (Å²) in [6.45, 7) is 0.319. The van der Waals surface area contributed by atoms with Crippen LogP contribution in [0, 0.1) is 0 Å². The molecule has 23 heavy (non-hydrogen) atoms. The molecule has 1 heterocycles. The molecule has 0 N–H and O–H groups in total. The van der Waals surface area contributed by atoms with Crippen molar-refractivity contribution >= 4 is 34.8 Å². The molecule has 0 atom stereocenters. The standard InChI is InChI=1S/C18H13Cl2NO2/c19-14-6-8-16(9-7-14)21(12-17-5-2-10-23-17)18(22)13-3-1-4-15(20)11-13/h1-11H,12H2. The largest absolute Gasteiger partial charge is 0.467 e. The van der Waals surface area contributed by atoms with Crippen LogP contribution < -0.4 is 4.90 Å². The fraction of sp³-hybridized carbons (Fsp3) is 0.0556. The summed E-state index contributed by atoms with van der Waals surface area (Å²) in [5.74, 6) is 0.529. The lowest BCUT2D eigenvalue weighted by molar-refractivity contribution is 0.0983. The van der Waals surface area contributed by atoms with Gasteiger partial charge in [-0.05, 0) is 54.6 Å².